The van der Waals surface area contributed by atoms with E-state index in [-0.39, 0.29) is 11.8 Å². The van der Waals surface area contributed by atoms with Gasteiger partial charge in [-0.05, 0) is 54.2 Å². The Morgan fingerprint density at radius 1 is 1.13 bits per heavy atom. The molecule has 30 heavy (non-hydrogen) atoms. The lowest BCUT2D eigenvalue weighted by Crippen LogP contribution is -2.23. The highest BCUT2D eigenvalue weighted by molar-refractivity contribution is 6.34. The molecule has 1 aliphatic rings. The fourth-order valence-electron chi connectivity index (χ4n) is 3.85. The van der Waals surface area contributed by atoms with E-state index < -0.39 is 6.10 Å². The molecule has 0 spiro atoms. The lowest BCUT2D eigenvalue weighted by atomic mass is 9.86. The standard InChI is InChI=1S/C25H27ClN2O2/c1-14(2)17-6-8-18(9-7-17)21-12-23-24(13-22(21)26)28-25(27-23)30-19-10-5-15(3)20(11-19)16(4)29/h5-16,20,29H,1-4H3,(H,27,28). The number of allylic oxidation sites excluding steroid dienone is 2. The van der Waals surface area contributed by atoms with E-state index in [4.69, 9.17) is 16.3 Å². The average molecular weight is 423 g/mol. The zero-order valence-corrected chi connectivity index (χ0v) is 18.4. The minimum Gasteiger partial charge on any atom is -0.426 e. The molecule has 156 valence electrons. The first-order chi connectivity index (χ1) is 14.3. The number of benzene rings is 2. The Hall–Kier alpha value is -2.56. The van der Waals surface area contributed by atoms with Crippen molar-refractivity contribution in [1.82, 2.24) is 9.97 Å². The SMILES string of the molecule is CC(C)c1ccc(-c2cc3nc(OC4=CC(C(C)O)C(C)C=C4)[nH]c3cc2Cl)cc1. The van der Waals surface area contributed by atoms with Crippen molar-refractivity contribution in [3.05, 3.63) is 71.0 Å². The third-order valence-corrected chi connectivity index (χ3v) is 6.05. The van der Waals surface area contributed by atoms with E-state index in [0.29, 0.717) is 22.7 Å². The van der Waals surface area contributed by atoms with E-state index in [1.807, 2.05) is 30.4 Å². The number of ether oxygens (including phenoxy) is 1. The number of aromatic amines is 1. The lowest BCUT2D eigenvalue weighted by Gasteiger charge is -2.24. The van der Waals surface area contributed by atoms with Gasteiger partial charge in [0.2, 0.25) is 0 Å². The molecule has 4 nitrogen and oxygen atoms in total. The summed E-state index contributed by atoms with van der Waals surface area (Å²) in [5, 5.41) is 10.7. The monoisotopic (exact) mass is 422 g/mol. The quantitative estimate of drug-likeness (QED) is 0.495. The lowest BCUT2D eigenvalue weighted by molar-refractivity contribution is 0.128. The minimum atomic E-state index is -0.442. The molecule has 4 rings (SSSR count). The van der Waals surface area contributed by atoms with Crippen LogP contribution >= 0.6 is 11.6 Å². The van der Waals surface area contributed by atoms with Crippen LogP contribution in [0, 0.1) is 11.8 Å². The van der Waals surface area contributed by atoms with Gasteiger partial charge in [0.05, 0.1) is 22.2 Å². The molecule has 2 N–H and O–H groups in total. The van der Waals surface area contributed by atoms with Gasteiger partial charge in [0, 0.05) is 11.5 Å². The van der Waals surface area contributed by atoms with Gasteiger partial charge in [-0.2, -0.15) is 4.98 Å². The second-order valence-electron chi connectivity index (χ2n) is 8.38. The number of aromatic nitrogens is 2. The normalized spacial score (nSPS) is 19.9. The number of rotatable bonds is 5. The maximum absolute atomic E-state index is 9.99. The number of halogens is 1. The van der Waals surface area contributed by atoms with Gasteiger partial charge in [-0.3, -0.25) is 0 Å². The summed E-state index contributed by atoms with van der Waals surface area (Å²) < 4.78 is 5.95. The number of aliphatic hydroxyl groups is 1. The fourth-order valence-corrected chi connectivity index (χ4v) is 4.13. The summed E-state index contributed by atoms with van der Waals surface area (Å²) in [6.07, 6.45) is 5.48. The van der Waals surface area contributed by atoms with Crippen molar-refractivity contribution >= 4 is 22.6 Å². The van der Waals surface area contributed by atoms with Crippen molar-refractivity contribution in [2.24, 2.45) is 11.8 Å². The maximum Gasteiger partial charge on any atom is 0.300 e. The highest BCUT2D eigenvalue weighted by Crippen LogP contribution is 2.34. The first-order valence-electron chi connectivity index (χ1n) is 10.4. The predicted molar refractivity (Wildman–Crippen MR) is 123 cm³/mol. The molecule has 2 aromatic carbocycles. The molecule has 0 bridgehead atoms. The Kier molecular flexibility index (Phi) is 5.72. The summed E-state index contributed by atoms with van der Waals surface area (Å²) in [5.74, 6) is 1.44. The van der Waals surface area contributed by atoms with Gasteiger partial charge >= 0.3 is 0 Å². The number of hydrogen-bond acceptors (Lipinski definition) is 3. The molecule has 3 aromatic rings. The van der Waals surface area contributed by atoms with E-state index in [1.54, 1.807) is 6.92 Å². The zero-order valence-electron chi connectivity index (χ0n) is 17.7. The molecule has 3 atom stereocenters. The second kappa shape index (κ2) is 8.29. The van der Waals surface area contributed by atoms with Crippen LogP contribution in [-0.2, 0) is 0 Å². The van der Waals surface area contributed by atoms with Gasteiger partial charge in [0.1, 0.15) is 5.76 Å². The summed E-state index contributed by atoms with van der Waals surface area (Å²) in [4.78, 5) is 7.78. The van der Waals surface area contributed by atoms with Crippen molar-refractivity contribution in [1.29, 1.82) is 0 Å². The summed E-state index contributed by atoms with van der Waals surface area (Å²) in [6, 6.07) is 12.7. The molecule has 0 amide bonds. The van der Waals surface area contributed by atoms with Crippen LogP contribution in [0.2, 0.25) is 5.02 Å². The number of nitrogens with one attached hydrogen (secondary N) is 1. The smallest absolute Gasteiger partial charge is 0.300 e. The molecule has 1 heterocycles. The molecular formula is C25H27ClN2O2. The van der Waals surface area contributed by atoms with E-state index in [0.717, 1.165) is 22.2 Å². The number of hydrogen-bond donors (Lipinski definition) is 2. The van der Waals surface area contributed by atoms with Gasteiger partial charge in [0.25, 0.3) is 6.01 Å². The topological polar surface area (TPSA) is 58.1 Å². The van der Waals surface area contributed by atoms with E-state index in [1.165, 1.54) is 5.56 Å². The maximum atomic E-state index is 9.99. The van der Waals surface area contributed by atoms with Crippen LogP contribution in [0.4, 0.5) is 0 Å². The molecule has 1 aromatic heterocycles. The molecular weight excluding hydrogens is 396 g/mol. The van der Waals surface area contributed by atoms with Crippen LogP contribution in [0.25, 0.3) is 22.2 Å². The summed E-state index contributed by atoms with van der Waals surface area (Å²) >= 11 is 6.57. The Bertz CT molecular complexity index is 1110. The summed E-state index contributed by atoms with van der Waals surface area (Å²) in [5.41, 5.74) is 4.90. The first-order valence-corrected chi connectivity index (χ1v) is 10.7. The molecule has 1 aliphatic carbocycles. The van der Waals surface area contributed by atoms with E-state index in [2.05, 4.69) is 55.0 Å². The van der Waals surface area contributed by atoms with Gasteiger partial charge in [-0.25, -0.2) is 0 Å². The van der Waals surface area contributed by atoms with Gasteiger partial charge in [-0.1, -0.05) is 62.7 Å². The third kappa shape index (κ3) is 4.16. The fraction of sp³-hybridized carbons (Fsp3) is 0.320. The molecule has 3 unspecified atom stereocenters. The van der Waals surface area contributed by atoms with Crippen molar-refractivity contribution in [3.8, 4) is 17.1 Å². The van der Waals surface area contributed by atoms with E-state index >= 15 is 0 Å². The first kappa shape index (κ1) is 20.7. The molecule has 0 fully saturated rings. The van der Waals surface area contributed by atoms with Crippen LogP contribution in [0.15, 0.2) is 60.4 Å². The van der Waals surface area contributed by atoms with Crippen LogP contribution in [0.3, 0.4) is 0 Å². The van der Waals surface area contributed by atoms with Crippen molar-refractivity contribution in [3.63, 3.8) is 0 Å². The Morgan fingerprint density at radius 2 is 1.87 bits per heavy atom. The van der Waals surface area contributed by atoms with Gasteiger partial charge < -0.3 is 14.8 Å². The summed E-state index contributed by atoms with van der Waals surface area (Å²) in [7, 11) is 0. The van der Waals surface area contributed by atoms with Crippen LogP contribution < -0.4 is 4.74 Å². The minimum absolute atomic E-state index is 0.0178. The zero-order chi connectivity index (χ0) is 21.4. The number of imidazole rings is 1. The van der Waals surface area contributed by atoms with Gasteiger partial charge in [0.15, 0.2) is 0 Å². The highest BCUT2D eigenvalue weighted by Gasteiger charge is 2.23. The third-order valence-electron chi connectivity index (χ3n) is 5.74. The van der Waals surface area contributed by atoms with Crippen molar-refractivity contribution in [2.75, 3.05) is 0 Å². The average Bonchev–Trinajstić information content (AvgIpc) is 3.09. The van der Waals surface area contributed by atoms with Crippen LogP contribution in [-0.4, -0.2) is 21.2 Å². The number of fused-ring (bicyclic) bond motifs is 1. The molecule has 0 saturated heterocycles. The van der Waals surface area contributed by atoms with Gasteiger partial charge in [-0.15, -0.1) is 0 Å². The largest absolute Gasteiger partial charge is 0.426 e. The van der Waals surface area contributed by atoms with E-state index in [9.17, 15) is 5.11 Å². The van der Waals surface area contributed by atoms with Crippen molar-refractivity contribution < 1.29 is 9.84 Å². The van der Waals surface area contributed by atoms with Crippen LogP contribution in [0.5, 0.6) is 6.01 Å². The second-order valence-corrected chi connectivity index (χ2v) is 8.78. The Labute approximate surface area is 182 Å². The molecule has 0 radical (unpaired) electrons. The molecule has 0 saturated carbocycles. The Morgan fingerprint density at radius 3 is 2.53 bits per heavy atom. The van der Waals surface area contributed by atoms with Crippen molar-refractivity contribution in [2.45, 2.75) is 39.7 Å². The number of nitrogens with zero attached hydrogens (tertiary/aromatic N) is 1. The number of H-pyrrole nitrogens is 1. The molecule has 0 aliphatic heterocycles. The predicted octanol–water partition coefficient (Wildman–Crippen LogP) is 6.47. The number of aliphatic hydroxyl groups excluding tert-OH is 1. The highest BCUT2D eigenvalue weighted by atomic mass is 35.5. The Balaban J connectivity index is 1.62. The van der Waals surface area contributed by atoms with Crippen LogP contribution in [0.1, 0.15) is 39.2 Å². The molecule has 5 heteroatoms. The summed E-state index contributed by atoms with van der Waals surface area (Å²) in [6.45, 7) is 8.24.